The molecule has 0 saturated carbocycles. The average Bonchev–Trinajstić information content (AvgIpc) is 2.73. The lowest BCUT2D eigenvalue weighted by Gasteiger charge is -2.19. The first kappa shape index (κ1) is 23.1. The summed E-state index contributed by atoms with van der Waals surface area (Å²) in [5, 5.41) is 2.88. The SMILES string of the molecule is CCN(CC)Cc1cccc(NC(=O)c2cccc(S(=O)(=O)N(CC)CC)c2)c1. The Balaban J connectivity index is 2.20. The molecule has 0 aliphatic rings. The van der Waals surface area contributed by atoms with Crippen molar-refractivity contribution in [2.45, 2.75) is 39.1 Å². The Morgan fingerprint density at radius 2 is 1.55 bits per heavy atom. The highest BCUT2D eigenvalue weighted by molar-refractivity contribution is 7.89. The monoisotopic (exact) mass is 417 g/mol. The van der Waals surface area contributed by atoms with E-state index >= 15 is 0 Å². The molecular weight excluding hydrogens is 386 g/mol. The number of anilines is 1. The topological polar surface area (TPSA) is 69.7 Å². The minimum absolute atomic E-state index is 0.129. The summed E-state index contributed by atoms with van der Waals surface area (Å²) >= 11 is 0. The van der Waals surface area contributed by atoms with Crippen molar-refractivity contribution < 1.29 is 13.2 Å². The van der Waals surface area contributed by atoms with Crippen LogP contribution in [0, 0.1) is 0 Å². The van der Waals surface area contributed by atoms with E-state index < -0.39 is 10.0 Å². The minimum Gasteiger partial charge on any atom is -0.322 e. The molecule has 1 N–H and O–H groups in total. The van der Waals surface area contributed by atoms with Crippen molar-refractivity contribution in [2.24, 2.45) is 0 Å². The molecule has 0 saturated heterocycles. The molecule has 0 aliphatic heterocycles. The summed E-state index contributed by atoms with van der Waals surface area (Å²) in [6.07, 6.45) is 0. The van der Waals surface area contributed by atoms with Gasteiger partial charge in [0.1, 0.15) is 0 Å². The summed E-state index contributed by atoms with van der Waals surface area (Å²) in [5.41, 5.74) is 2.12. The maximum atomic E-state index is 12.7. The average molecular weight is 418 g/mol. The van der Waals surface area contributed by atoms with E-state index in [0.29, 0.717) is 24.3 Å². The minimum atomic E-state index is -3.61. The fraction of sp³-hybridized carbons (Fsp3) is 0.409. The van der Waals surface area contributed by atoms with Gasteiger partial charge in [0.2, 0.25) is 10.0 Å². The number of sulfonamides is 1. The Labute approximate surface area is 174 Å². The van der Waals surface area contributed by atoms with Crippen molar-refractivity contribution in [3.8, 4) is 0 Å². The largest absolute Gasteiger partial charge is 0.322 e. The molecule has 0 spiro atoms. The Morgan fingerprint density at radius 1 is 0.897 bits per heavy atom. The lowest BCUT2D eigenvalue weighted by atomic mass is 10.1. The molecule has 0 radical (unpaired) electrons. The number of carbonyl (C=O) groups excluding carboxylic acids is 1. The summed E-state index contributed by atoms with van der Waals surface area (Å²) in [6, 6.07) is 13.9. The molecule has 29 heavy (non-hydrogen) atoms. The number of benzene rings is 2. The summed E-state index contributed by atoms with van der Waals surface area (Å²) < 4.78 is 26.8. The van der Waals surface area contributed by atoms with Gasteiger partial charge >= 0.3 is 0 Å². The predicted octanol–water partition coefficient (Wildman–Crippen LogP) is 3.81. The first-order valence-electron chi connectivity index (χ1n) is 10.1. The van der Waals surface area contributed by atoms with Crippen LogP contribution in [0.3, 0.4) is 0 Å². The van der Waals surface area contributed by atoms with Crippen LogP contribution in [0.5, 0.6) is 0 Å². The summed E-state index contributed by atoms with van der Waals surface area (Å²) in [5.74, 6) is -0.332. The first-order chi connectivity index (χ1) is 13.8. The Bertz CT molecular complexity index is 920. The fourth-order valence-electron chi connectivity index (χ4n) is 3.17. The quantitative estimate of drug-likeness (QED) is 0.638. The maximum absolute atomic E-state index is 12.7. The molecule has 0 fully saturated rings. The van der Waals surface area contributed by atoms with Crippen molar-refractivity contribution in [3.63, 3.8) is 0 Å². The van der Waals surface area contributed by atoms with Crippen molar-refractivity contribution in [1.82, 2.24) is 9.21 Å². The van der Waals surface area contributed by atoms with Gasteiger partial charge in [-0.2, -0.15) is 4.31 Å². The second kappa shape index (κ2) is 10.5. The third-order valence-corrected chi connectivity index (χ3v) is 6.97. The summed E-state index contributed by atoms with van der Waals surface area (Å²) in [7, 11) is -3.61. The van der Waals surface area contributed by atoms with Gasteiger partial charge in [-0.15, -0.1) is 0 Å². The zero-order chi connectivity index (χ0) is 21.4. The number of hydrogen-bond donors (Lipinski definition) is 1. The van der Waals surface area contributed by atoms with E-state index in [1.807, 2.05) is 24.3 Å². The van der Waals surface area contributed by atoms with E-state index in [1.54, 1.807) is 26.0 Å². The highest BCUT2D eigenvalue weighted by atomic mass is 32.2. The van der Waals surface area contributed by atoms with Crippen LogP contribution < -0.4 is 5.32 Å². The Kier molecular flexibility index (Phi) is 8.37. The van der Waals surface area contributed by atoms with Gasteiger partial charge in [-0.05, 0) is 49.0 Å². The van der Waals surface area contributed by atoms with Gasteiger partial charge < -0.3 is 5.32 Å². The lowest BCUT2D eigenvalue weighted by molar-refractivity contribution is 0.102. The van der Waals surface area contributed by atoms with Crippen LogP contribution in [0.4, 0.5) is 5.69 Å². The second-order valence-corrected chi connectivity index (χ2v) is 8.67. The molecule has 0 bridgehead atoms. The lowest BCUT2D eigenvalue weighted by Crippen LogP contribution is -2.30. The molecule has 2 rings (SSSR count). The number of nitrogens with one attached hydrogen (secondary N) is 1. The van der Waals surface area contributed by atoms with Gasteiger partial charge in [-0.1, -0.05) is 45.9 Å². The zero-order valence-corrected chi connectivity index (χ0v) is 18.5. The van der Waals surface area contributed by atoms with Crippen LogP contribution in [0.2, 0.25) is 0 Å². The van der Waals surface area contributed by atoms with E-state index in [2.05, 4.69) is 24.1 Å². The molecule has 2 aromatic rings. The second-order valence-electron chi connectivity index (χ2n) is 6.73. The van der Waals surface area contributed by atoms with Gasteiger partial charge in [0.25, 0.3) is 5.91 Å². The van der Waals surface area contributed by atoms with Crippen LogP contribution in [-0.2, 0) is 16.6 Å². The molecule has 6 nitrogen and oxygen atoms in total. The van der Waals surface area contributed by atoms with Crippen molar-refractivity contribution in [1.29, 1.82) is 0 Å². The molecule has 7 heteroatoms. The number of rotatable bonds is 10. The van der Waals surface area contributed by atoms with Crippen molar-refractivity contribution in [2.75, 3.05) is 31.5 Å². The van der Waals surface area contributed by atoms with E-state index in [-0.39, 0.29) is 10.8 Å². The Morgan fingerprint density at radius 3 is 2.17 bits per heavy atom. The fourth-order valence-corrected chi connectivity index (χ4v) is 4.67. The van der Waals surface area contributed by atoms with Crippen LogP contribution in [-0.4, -0.2) is 49.7 Å². The normalized spacial score (nSPS) is 11.8. The van der Waals surface area contributed by atoms with Crippen molar-refractivity contribution >= 4 is 21.6 Å². The van der Waals surface area contributed by atoms with Crippen LogP contribution >= 0.6 is 0 Å². The highest BCUT2D eigenvalue weighted by Crippen LogP contribution is 2.19. The van der Waals surface area contributed by atoms with Crippen LogP contribution in [0.15, 0.2) is 53.4 Å². The van der Waals surface area contributed by atoms with E-state index in [0.717, 1.165) is 25.2 Å². The molecule has 0 atom stereocenters. The highest BCUT2D eigenvalue weighted by Gasteiger charge is 2.22. The van der Waals surface area contributed by atoms with Gasteiger partial charge in [0.15, 0.2) is 0 Å². The van der Waals surface area contributed by atoms with Gasteiger partial charge in [-0.25, -0.2) is 8.42 Å². The third kappa shape index (κ3) is 5.88. The van der Waals surface area contributed by atoms with Crippen molar-refractivity contribution in [3.05, 3.63) is 59.7 Å². The predicted molar refractivity (Wildman–Crippen MR) is 118 cm³/mol. The van der Waals surface area contributed by atoms with Gasteiger partial charge in [0.05, 0.1) is 4.90 Å². The molecule has 1 amide bonds. The van der Waals surface area contributed by atoms with Crippen LogP contribution in [0.1, 0.15) is 43.6 Å². The van der Waals surface area contributed by atoms with Gasteiger partial charge in [0, 0.05) is 30.9 Å². The molecule has 2 aromatic carbocycles. The smallest absolute Gasteiger partial charge is 0.255 e. The summed E-state index contributed by atoms with van der Waals surface area (Å²) in [4.78, 5) is 15.1. The van der Waals surface area contributed by atoms with E-state index in [1.165, 1.54) is 16.4 Å². The molecule has 158 valence electrons. The molecule has 0 aromatic heterocycles. The van der Waals surface area contributed by atoms with Crippen LogP contribution in [0.25, 0.3) is 0 Å². The molecule has 0 heterocycles. The number of amides is 1. The number of nitrogens with zero attached hydrogens (tertiary/aromatic N) is 2. The standard InChI is InChI=1S/C22H31N3O3S/c1-5-24(6-2)17-18-11-9-13-20(15-18)23-22(26)19-12-10-14-21(16-19)29(27,28)25(7-3)8-4/h9-16H,5-8,17H2,1-4H3,(H,23,26). The first-order valence-corrected chi connectivity index (χ1v) is 11.5. The van der Waals surface area contributed by atoms with E-state index in [9.17, 15) is 13.2 Å². The zero-order valence-electron chi connectivity index (χ0n) is 17.7. The third-order valence-electron chi connectivity index (χ3n) is 4.92. The molecule has 0 aliphatic carbocycles. The van der Waals surface area contributed by atoms with E-state index in [4.69, 9.17) is 0 Å². The molecule has 0 unspecified atom stereocenters. The summed E-state index contributed by atoms with van der Waals surface area (Å²) in [6.45, 7) is 11.3. The number of carbonyl (C=O) groups is 1. The maximum Gasteiger partial charge on any atom is 0.255 e. The Hall–Kier alpha value is -2.22. The van der Waals surface area contributed by atoms with Gasteiger partial charge in [-0.3, -0.25) is 9.69 Å². The number of hydrogen-bond acceptors (Lipinski definition) is 4. The molecular formula is C22H31N3O3S.